The van der Waals surface area contributed by atoms with Gasteiger partial charge in [0.1, 0.15) is 11.5 Å². The van der Waals surface area contributed by atoms with Crippen LogP contribution in [-0.4, -0.2) is 28.3 Å². The molecular formula is C30H31NO4. The molecule has 1 aliphatic heterocycles. The molecule has 0 aliphatic carbocycles. The van der Waals surface area contributed by atoms with E-state index in [4.69, 9.17) is 4.74 Å². The SMILES string of the molecule is CCOc1cccc(/C(O)=C2\C(=O)C(=O)N(Cc3ccccc3)C2c2ccc(C(C)(C)C)cc2)c1. The highest BCUT2D eigenvalue weighted by atomic mass is 16.5. The van der Waals surface area contributed by atoms with Crippen LogP contribution in [0.15, 0.2) is 84.4 Å². The molecule has 35 heavy (non-hydrogen) atoms. The van der Waals surface area contributed by atoms with Gasteiger partial charge in [-0.25, -0.2) is 0 Å². The number of amides is 1. The Morgan fingerprint density at radius 1 is 0.943 bits per heavy atom. The maximum Gasteiger partial charge on any atom is 0.295 e. The number of likely N-dealkylation sites (tertiary alicyclic amines) is 1. The zero-order valence-electron chi connectivity index (χ0n) is 20.6. The average Bonchev–Trinajstić information content (AvgIpc) is 3.09. The first-order valence-corrected chi connectivity index (χ1v) is 11.9. The number of rotatable bonds is 6. The molecule has 5 heteroatoms. The van der Waals surface area contributed by atoms with Crippen LogP contribution in [0.2, 0.25) is 0 Å². The molecule has 5 nitrogen and oxygen atoms in total. The van der Waals surface area contributed by atoms with E-state index >= 15 is 0 Å². The number of nitrogens with zero attached hydrogens (tertiary/aromatic N) is 1. The van der Waals surface area contributed by atoms with E-state index in [0.29, 0.717) is 17.9 Å². The third kappa shape index (κ3) is 4.99. The Morgan fingerprint density at radius 3 is 2.26 bits per heavy atom. The van der Waals surface area contributed by atoms with E-state index in [-0.39, 0.29) is 23.3 Å². The van der Waals surface area contributed by atoms with Gasteiger partial charge in [0.15, 0.2) is 0 Å². The van der Waals surface area contributed by atoms with Crippen LogP contribution < -0.4 is 4.74 Å². The second kappa shape index (κ2) is 9.79. The van der Waals surface area contributed by atoms with Crippen LogP contribution >= 0.6 is 0 Å². The van der Waals surface area contributed by atoms with Gasteiger partial charge in [0.05, 0.1) is 18.2 Å². The molecule has 1 fully saturated rings. The molecule has 180 valence electrons. The topological polar surface area (TPSA) is 66.8 Å². The van der Waals surface area contributed by atoms with Gasteiger partial charge in [-0.3, -0.25) is 9.59 Å². The largest absolute Gasteiger partial charge is 0.507 e. The van der Waals surface area contributed by atoms with E-state index in [9.17, 15) is 14.7 Å². The summed E-state index contributed by atoms with van der Waals surface area (Å²) in [6, 6.07) is 23.7. The fourth-order valence-corrected chi connectivity index (χ4v) is 4.39. The Balaban J connectivity index is 1.85. The summed E-state index contributed by atoms with van der Waals surface area (Å²) < 4.78 is 5.57. The maximum absolute atomic E-state index is 13.3. The highest BCUT2D eigenvalue weighted by Gasteiger charge is 2.46. The van der Waals surface area contributed by atoms with E-state index in [1.54, 1.807) is 29.2 Å². The summed E-state index contributed by atoms with van der Waals surface area (Å²) in [6.45, 7) is 9.01. The van der Waals surface area contributed by atoms with Crippen LogP contribution in [0.3, 0.4) is 0 Å². The molecule has 3 aromatic carbocycles. The van der Waals surface area contributed by atoms with Crippen molar-refractivity contribution in [2.75, 3.05) is 6.61 Å². The molecule has 4 rings (SSSR count). The third-order valence-corrected chi connectivity index (χ3v) is 6.25. The molecule has 1 atom stereocenters. The Morgan fingerprint density at radius 2 is 1.63 bits per heavy atom. The van der Waals surface area contributed by atoms with Gasteiger partial charge in [0, 0.05) is 12.1 Å². The number of hydrogen-bond donors (Lipinski definition) is 1. The lowest BCUT2D eigenvalue weighted by atomic mass is 9.85. The second-order valence-corrected chi connectivity index (χ2v) is 9.75. The summed E-state index contributed by atoms with van der Waals surface area (Å²) in [7, 11) is 0. The lowest BCUT2D eigenvalue weighted by molar-refractivity contribution is -0.140. The molecule has 1 aliphatic rings. The molecule has 1 unspecified atom stereocenters. The normalized spacial score (nSPS) is 17.6. The average molecular weight is 470 g/mol. The second-order valence-electron chi connectivity index (χ2n) is 9.75. The number of Topliss-reactive ketones (excluding diaryl/α,β-unsaturated/α-hetero) is 1. The minimum absolute atomic E-state index is 0.0376. The highest BCUT2D eigenvalue weighted by molar-refractivity contribution is 6.46. The quantitative estimate of drug-likeness (QED) is 0.273. The number of carbonyl (C=O) groups excluding carboxylic acids is 2. The monoisotopic (exact) mass is 469 g/mol. The maximum atomic E-state index is 13.3. The minimum atomic E-state index is -0.708. The van der Waals surface area contributed by atoms with Crippen LogP contribution in [0.5, 0.6) is 5.75 Å². The lowest BCUT2D eigenvalue weighted by Gasteiger charge is -2.26. The van der Waals surface area contributed by atoms with Crippen molar-refractivity contribution < 1.29 is 19.4 Å². The number of aliphatic hydroxyl groups excluding tert-OH is 1. The van der Waals surface area contributed by atoms with Crippen molar-refractivity contribution in [2.45, 2.75) is 45.7 Å². The smallest absolute Gasteiger partial charge is 0.295 e. The molecule has 3 aromatic rings. The number of benzene rings is 3. The number of ketones is 1. The van der Waals surface area contributed by atoms with Crippen molar-refractivity contribution in [3.05, 3.63) is 107 Å². The van der Waals surface area contributed by atoms with Crippen molar-refractivity contribution in [3.63, 3.8) is 0 Å². The van der Waals surface area contributed by atoms with Crippen molar-refractivity contribution in [1.82, 2.24) is 4.90 Å². The van der Waals surface area contributed by atoms with Crippen molar-refractivity contribution in [3.8, 4) is 5.75 Å². The number of carbonyl (C=O) groups is 2. The highest BCUT2D eigenvalue weighted by Crippen LogP contribution is 2.41. The van der Waals surface area contributed by atoms with Gasteiger partial charge in [-0.2, -0.15) is 0 Å². The van der Waals surface area contributed by atoms with Crippen LogP contribution in [0, 0.1) is 0 Å². The summed E-state index contributed by atoms with van der Waals surface area (Å²) in [5, 5.41) is 11.3. The van der Waals surface area contributed by atoms with Gasteiger partial charge in [0.25, 0.3) is 11.7 Å². The summed E-state index contributed by atoms with van der Waals surface area (Å²) in [5.41, 5.74) is 3.31. The van der Waals surface area contributed by atoms with E-state index in [2.05, 4.69) is 20.8 Å². The van der Waals surface area contributed by atoms with Crippen LogP contribution in [0.1, 0.15) is 56.0 Å². The molecular weight excluding hydrogens is 438 g/mol. The summed E-state index contributed by atoms with van der Waals surface area (Å²) in [6.07, 6.45) is 0. The van der Waals surface area contributed by atoms with Gasteiger partial charge in [-0.05, 0) is 41.2 Å². The predicted molar refractivity (Wildman–Crippen MR) is 137 cm³/mol. The first kappa shape index (κ1) is 24.3. The summed E-state index contributed by atoms with van der Waals surface area (Å²) in [5.74, 6) is -0.932. The molecule has 1 amide bonds. The van der Waals surface area contributed by atoms with E-state index in [0.717, 1.165) is 16.7 Å². The van der Waals surface area contributed by atoms with Crippen molar-refractivity contribution in [2.24, 2.45) is 0 Å². The van der Waals surface area contributed by atoms with E-state index in [1.807, 2.05) is 61.5 Å². The van der Waals surface area contributed by atoms with Crippen molar-refractivity contribution >= 4 is 17.4 Å². The van der Waals surface area contributed by atoms with E-state index in [1.165, 1.54) is 0 Å². The zero-order chi connectivity index (χ0) is 25.2. The fourth-order valence-electron chi connectivity index (χ4n) is 4.39. The zero-order valence-corrected chi connectivity index (χ0v) is 20.6. The third-order valence-electron chi connectivity index (χ3n) is 6.25. The van der Waals surface area contributed by atoms with Crippen LogP contribution in [-0.2, 0) is 21.5 Å². The molecule has 0 radical (unpaired) electrons. The molecule has 1 N–H and O–H groups in total. The molecule has 0 spiro atoms. The van der Waals surface area contributed by atoms with Crippen LogP contribution in [0.25, 0.3) is 5.76 Å². The minimum Gasteiger partial charge on any atom is -0.507 e. The standard InChI is InChI=1S/C30H31NO4/c1-5-35-24-13-9-12-22(18-24)27(32)25-26(21-14-16-23(17-15-21)30(2,3)4)31(29(34)28(25)33)19-20-10-7-6-8-11-20/h6-18,26,32H,5,19H2,1-4H3/b27-25+. The van der Waals surface area contributed by atoms with Gasteiger partial charge in [0.2, 0.25) is 0 Å². The first-order valence-electron chi connectivity index (χ1n) is 11.9. The van der Waals surface area contributed by atoms with Gasteiger partial charge >= 0.3 is 0 Å². The number of aliphatic hydroxyl groups is 1. The van der Waals surface area contributed by atoms with Gasteiger partial charge < -0.3 is 14.7 Å². The molecule has 0 aromatic heterocycles. The molecule has 0 bridgehead atoms. The Kier molecular flexibility index (Phi) is 6.79. The molecule has 1 heterocycles. The van der Waals surface area contributed by atoms with E-state index < -0.39 is 17.7 Å². The summed E-state index contributed by atoms with van der Waals surface area (Å²) in [4.78, 5) is 28.1. The molecule has 0 saturated carbocycles. The Labute approximate surface area is 206 Å². The Hall–Kier alpha value is -3.86. The van der Waals surface area contributed by atoms with Gasteiger partial charge in [-0.1, -0.05) is 87.5 Å². The fraction of sp³-hybridized carbons (Fsp3) is 0.267. The predicted octanol–water partition coefficient (Wildman–Crippen LogP) is 6.00. The van der Waals surface area contributed by atoms with Crippen molar-refractivity contribution in [1.29, 1.82) is 0 Å². The number of ether oxygens (including phenoxy) is 1. The van der Waals surface area contributed by atoms with Gasteiger partial charge in [-0.15, -0.1) is 0 Å². The first-order chi connectivity index (χ1) is 16.7. The number of hydrogen-bond acceptors (Lipinski definition) is 4. The lowest BCUT2D eigenvalue weighted by Crippen LogP contribution is -2.29. The van der Waals surface area contributed by atoms with Crippen LogP contribution in [0.4, 0.5) is 0 Å². The summed E-state index contributed by atoms with van der Waals surface area (Å²) >= 11 is 0. The Bertz CT molecular complexity index is 1250. The molecule has 1 saturated heterocycles.